The van der Waals surface area contributed by atoms with Gasteiger partial charge in [-0.15, -0.1) is 0 Å². The lowest BCUT2D eigenvalue weighted by atomic mass is 10.0. The third kappa shape index (κ3) is 2.31. The van der Waals surface area contributed by atoms with Crippen LogP contribution in [-0.4, -0.2) is 10.4 Å². The van der Waals surface area contributed by atoms with Gasteiger partial charge in [0.15, 0.2) is 0 Å². The number of fused-ring (bicyclic) bond motifs is 3. The lowest BCUT2D eigenvalue weighted by molar-refractivity contribution is 1.01. The quantitative estimate of drug-likeness (QED) is 0.372. The largest absolute Gasteiger partial charge is 0.384 e. The molecule has 0 saturated heterocycles. The van der Waals surface area contributed by atoms with Crippen LogP contribution in [0.5, 0.6) is 0 Å². The number of aryl methyl sites for hydroxylation is 1. The van der Waals surface area contributed by atoms with Gasteiger partial charge in [0, 0.05) is 38.9 Å². The van der Waals surface area contributed by atoms with Crippen molar-refractivity contribution in [2.24, 2.45) is 12.8 Å². The van der Waals surface area contributed by atoms with Crippen molar-refractivity contribution < 1.29 is 0 Å². The molecule has 0 atom stereocenters. The Morgan fingerprint density at radius 2 is 1.58 bits per heavy atom. The first-order valence-corrected chi connectivity index (χ1v) is 8.46. The molecular formula is C20H16BrN3. The van der Waals surface area contributed by atoms with Crippen LogP contribution in [0.4, 0.5) is 0 Å². The van der Waals surface area contributed by atoms with Gasteiger partial charge >= 0.3 is 0 Å². The normalized spacial score (nSPS) is 11.2. The molecule has 1 heterocycles. The topological polar surface area (TPSA) is 54.8 Å². The molecule has 0 unspecified atom stereocenters. The predicted octanol–water partition coefficient (Wildman–Crippen LogP) is 5.05. The number of rotatable bonds is 2. The van der Waals surface area contributed by atoms with E-state index in [4.69, 9.17) is 11.1 Å². The number of aromatic nitrogens is 1. The Balaban J connectivity index is 1.98. The number of hydrogen-bond donors (Lipinski definition) is 2. The Kier molecular flexibility index (Phi) is 3.43. The summed E-state index contributed by atoms with van der Waals surface area (Å²) in [5.41, 5.74) is 11.0. The molecule has 0 aliphatic heterocycles. The molecule has 0 spiro atoms. The molecular weight excluding hydrogens is 362 g/mol. The maximum Gasteiger partial charge on any atom is 0.122 e. The second-order valence-corrected chi connectivity index (χ2v) is 6.86. The number of nitrogen functional groups attached to an aromatic ring is 1. The standard InChI is InChI=1S/C20H16BrN3/c1-24-18-7-5-13(12-3-2-4-14(9-12)20(22)23)10-16(18)17-11-15(21)6-8-19(17)24/h2-11H,1H3,(H3,22,23). The summed E-state index contributed by atoms with van der Waals surface area (Å²) in [6.45, 7) is 0. The van der Waals surface area contributed by atoms with Crippen molar-refractivity contribution in [1.82, 2.24) is 4.57 Å². The molecule has 0 aliphatic carbocycles. The highest BCUT2D eigenvalue weighted by Gasteiger charge is 2.10. The first-order chi connectivity index (χ1) is 11.5. The Morgan fingerprint density at radius 1 is 0.917 bits per heavy atom. The van der Waals surface area contributed by atoms with Crippen molar-refractivity contribution in [3.8, 4) is 11.1 Å². The summed E-state index contributed by atoms with van der Waals surface area (Å²) in [6, 6.07) is 20.7. The highest BCUT2D eigenvalue weighted by molar-refractivity contribution is 9.10. The van der Waals surface area contributed by atoms with Gasteiger partial charge in [-0.2, -0.15) is 0 Å². The van der Waals surface area contributed by atoms with E-state index in [0.29, 0.717) is 0 Å². The molecule has 3 N–H and O–H groups in total. The van der Waals surface area contributed by atoms with E-state index in [9.17, 15) is 0 Å². The third-order valence-corrected chi connectivity index (χ3v) is 4.97. The van der Waals surface area contributed by atoms with Crippen LogP contribution in [-0.2, 0) is 7.05 Å². The molecule has 0 amide bonds. The smallest absolute Gasteiger partial charge is 0.122 e. The maximum atomic E-state index is 7.63. The Labute approximate surface area is 148 Å². The van der Waals surface area contributed by atoms with Crippen LogP contribution in [0.15, 0.2) is 65.1 Å². The summed E-state index contributed by atoms with van der Waals surface area (Å²) < 4.78 is 3.29. The highest BCUT2D eigenvalue weighted by atomic mass is 79.9. The number of nitrogens with zero attached hydrogens (tertiary/aromatic N) is 1. The minimum absolute atomic E-state index is 0.0898. The van der Waals surface area contributed by atoms with E-state index in [2.05, 4.69) is 70.0 Å². The first kappa shape index (κ1) is 15.0. The molecule has 4 heteroatoms. The molecule has 0 aliphatic rings. The average molecular weight is 378 g/mol. The number of benzene rings is 3. The molecule has 0 bridgehead atoms. The Morgan fingerprint density at radius 3 is 2.33 bits per heavy atom. The number of nitrogens with two attached hydrogens (primary N) is 1. The summed E-state index contributed by atoms with van der Waals surface area (Å²) in [4.78, 5) is 0. The van der Waals surface area contributed by atoms with Crippen LogP contribution in [0, 0.1) is 5.41 Å². The van der Waals surface area contributed by atoms with Crippen LogP contribution in [0.3, 0.4) is 0 Å². The zero-order valence-corrected chi connectivity index (χ0v) is 14.8. The third-order valence-electron chi connectivity index (χ3n) is 4.47. The fourth-order valence-electron chi connectivity index (χ4n) is 3.24. The molecule has 3 nitrogen and oxygen atoms in total. The lowest BCUT2D eigenvalue weighted by Crippen LogP contribution is -2.10. The van der Waals surface area contributed by atoms with Crippen LogP contribution >= 0.6 is 15.9 Å². The van der Waals surface area contributed by atoms with Gasteiger partial charge < -0.3 is 10.3 Å². The van der Waals surface area contributed by atoms with Gasteiger partial charge in [0.25, 0.3) is 0 Å². The van der Waals surface area contributed by atoms with Crippen LogP contribution in [0.2, 0.25) is 0 Å². The summed E-state index contributed by atoms with van der Waals surface area (Å²) in [7, 11) is 2.09. The summed E-state index contributed by atoms with van der Waals surface area (Å²) in [5.74, 6) is 0.0898. The number of amidine groups is 1. The lowest BCUT2D eigenvalue weighted by Gasteiger charge is -2.05. The molecule has 4 rings (SSSR count). The first-order valence-electron chi connectivity index (χ1n) is 7.67. The van der Waals surface area contributed by atoms with Crippen LogP contribution in [0.1, 0.15) is 5.56 Å². The zero-order valence-electron chi connectivity index (χ0n) is 13.2. The number of halogens is 1. The van der Waals surface area contributed by atoms with Crippen molar-refractivity contribution >= 4 is 43.6 Å². The molecule has 0 radical (unpaired) electrons. The molecule has 0 fully saturated rings. The van der Waals surface area contributed by atoms with Gasteiger partial charge in [-0.25, -0.2) is 0 Å². The fourth-order valence-corrected chi connectivity index (χ4v) is 3.60. The summed E-state index contributed by atoms with van der Waals surface area (Å²) in [5, 5.41) is 10.1. The zero-order chi connectivity index (χ0) is 16.8. The van der Waals surface area contributed by atoms with E-state index in [1.807, 2.05) is 18.2 Å². The molecule has 3 aromatic carbocycles. The maximum absolute atomic E-state index is 7.63. The molecule has 118 valence electrons. The van der Waals surface area contributed by atoms with E-state index >= 15 is 0 Å². The number of nitrogens with one attached hydrogen (secondary N) is 1. The second-order valence-electron chi connectivity index (χ2n) is 5.95. The fraction of sp³-hybridized carbons (Fsp3) is 0.0500. The van der Waals surface area contributed by atoms with Crippen LogP contribution in [0.25, 0.3) is 32.9 Å². The Bertz CT molecular complexity index is 1110. The van der Waals surface area contributed by atoms with Crippen molar-refractivity contribution in [2.45, 2.75) is 0 Å². The van der Waals surface area contributed by atoms with Gasteiger partial charge in [-0.3, -0.25) is 5.41 Å². The number of hydrogen-bond acceptors (Lipinski definition) is 1. The monoisotopic (exact) mass is 377 g/mol. The predicted molar refractivity (Wildman–Crippen MR) is 105 cm³/mol. The van der Waals surface area contributed by atoms with Crippen LogP contribution < -0.4 is 5.73 Å². The van der Waals surface area contributed by atoms with Crippen molar-refractivity contribution in [3.05, 3.63) is 70.7 Å². The molecule has 24 heavy (non-hydrogen) atoms. The summed E-state index contributed by atoms with van der Waals surface area (Å²) >= 11 is 3.57. The SMILES string of the molecule is Cn1c2ccc(Br)cc2c2cc(-c3cccc(C(=N)N)c3)ccc21. The van der Waals surface area contributed by atoms with Crippen molar-refractivity contribution in [2.75, 3.05) is 0 Å². The second kappa shape index (κ2) is 5.49. The van der Waals surface area contributed by atoms with Crippen molar-refractivity contribution in [3.63, 3.8) is 0 Å². The van der Waals surface area contributed by atoms with E-state index < -0.39 is 0 Å². The van der Waals surface area contributed by atoms with Gasteiger partial charge in [0.1, 0.15) is 5.84 Å². The molecule has 0 saturated carbocycles. The molecule has 1 aromatic heterocycles. The van der Waals surface area contributed by atoms with Gasteiger partial charge in [0.2, 0.25) is 0 Å². The van der Waals surface area contributed by atoms with E-state index in [-0.39, 0.29) is 5.84 Å². The minimum atomic E-state index is 0.0898. The van der Waals surface area contributed by atoms with E-state index in [1.165, 1.54) is 21.8 Å². The highest BCUT2D eigenvalue weighted by Crippen LogP contribution is 2.33. The van der Waals surface area contributed by atoms with Crippen molar-refractivity contribution in [1.29, 1.82) is 5.41 Å². The van der Waals surface area contributed by atoms with Gasteiger partial charge in [0.05, 0.1) is 0 Å². The Hall–Kier alpha value is -2.59. The van der Waals surface area contributed by atoms with Gasteiger partial charge in [-0.1, -0.05) is 40.2 Å². The van der Waals surface area contributed by atoms with E-state index in [0.717, 1.165) is 21.2 Å². The minimum Gasteiger partial charge on any atom is -0.384 e. The summed E-state index contributed by atoms with van der Waals surface area (Å²) in [6.07, 6.45) is 0. The average Bonchev–Trinajstić information content (AvgIpc) is 2.87. The van der Waals surface area contributed by atoms with E-state index in [1.54, 1.807) is 0 Å². The molecule has 4 aromatic rings. The van der Waals surface area contributed by atoms with Gasteiger partial charge in [-0.05, 0) is 47.5 Å².